The number of hydrogen-bond acceptors (Lipinski definition) is 6. The zero-order valence-corrected chi connectivity index (χ0v) is 22.1. The number of nitrogens with one attached hydrogen (secondary N) is 1. The molecule has 3 N–H and O–H groups in total. The summed E-state index contributed by atoms with van der Waals surface area (Å²) in [7, 11) is 0. The lowest BCUT2D eigenvalue weighted by molar-refractivity contribution is -0.139. The van der Waals surface area contributed by atoms with Gasteiger partial charge in [0.25, 0.3) is 5.91 Å². The van der Waals surface area contributed by atoms with Gasteiger partial charge in [0.15, 0.2) is 5.69 Å². The minimum Gasteiger partial charge on any atom is -0.364 e. The normalized spacial score (nSPS) is 23.5. The lowest BCUT2D eigenvalue weighted by Crippen LogP contribution is -2.50. The zero-order chi connectivity index (χ0) is 28.9. The number of carbonyl (C=O) groups is 3. The summed E-state index contributed by atoms with van der Waals surface area (Å²) in [6.07, 6.45) is 2.08. The first-order chi connectivity index (χ1) is 19.7. The molecule has 2 fully saturated rings. The number of aromatic nitrogens is 4. The molecule has 4 atom stereocenters. The van der Waals surface area contributed by atoms with Crippen molar-refractivity contribution in [1.29, 1.82) is 0 Å². The first-order valence-corrected chi connectivity index (χ1v) is 13.3. The summed E-state index contributed by atoms with van der Waals surface area (Å²) < 4.78 is 30.6. The maximum atomic E-state index is 14.6. The van der Waals surface area contributed by atoms with E-state index in [4.69, 9.17) is 5.73 Å². The number of carbonyl (C=O) groups excluding carboxylic acids is 3. The number of alkyl halides is 1. The minimum absolute atomic E-state index is 0.0226. The highest BCUT2D eigenvalue weighted by Gasteiger charge is 2.56. The molecule has 41 heavy (non-hydrogen) atoms. The molecule has 0 spiro atoms. The van der Waals surface area contributed by atoms with E-state index in [1.807, 2.05) is 6.92 Å². The molecule has 1 saturated heterocycles. The Hall–Kier alpha value is -4.74. The predicted octanol–water partition coefficient (Wildman–Crippen LogP) is 2.72. The Morgan fingerprint density at radius 2 is 1.90 bits per heavy atom. The summed E-state index contributed by atoms with van der Waals surface area (Å²) >= 11 is 0. The van der Waals surface area contributed by atoms with Crippen LogP contribution in [0.15, 0.2) is 60.9 Å². The Bertz CT molecular complexity index is 1680. The number of benzene rings is 2. The van der Waals surface area contributed by atoms with Gasteiger partial charge in [-0.05, 0) is 42.2 Å². The van der Waals surface area contributed by atoms with E-state index < -0.39 is 41.3 Å². The quantitative estimate of drug-likeness (QED) is 0.357. The number of fused-ring (bicyclic) bond motifs is 1. The number of likely N-dealkylation sites (tertiary alicyclic amines) is 1. The second-order valence-corrected chi connectivity index (χ2v) is 10.7. The Kier molecular flexibility index (Phi) is 6.47. The number of primary amides is 1. The summed E-state index contributed by atoms with van der Waals surface area (Å²) in [5.74, 6) is -2.31. The third kappa shape index (κ3) is 4.68. The Balaban J connectivity index is 1.25. The molecule has 10 nitrogen and oxygen atoms in total. The van der Waals surface area contributed by atoms with Gasteiger partial charge in [-0.1, -0.05) is 31.2 Å². The number of hydrogen-bond donors (Lipinski definition) is 2. The van der Waals surface area contributed by atoms with Crippen molar-refractivity contribution in [3.8, 4) is 11.1 Å². The van der Waals surface area contributed by atoms with E-state index >= 15 is 0 Å². The van der Waals surface area contributed by atoms with Crippen LogP contribution in [-0.2, 0) is 21.7 Å². The van der Waals surface area contributed by atoms with Crippen LogP contribution in [0, 0.1) is 11.7 Å². The molecule has 0 radical (unpaired) electrons. The van der Waals surface area contributed by atoms with E-state index in [9.17, 15) is 23.2 Å². The first-order valence-electron chi connectivity index (χ1n) is 13.3. The Morgan fingerprint density at radius 1 is 1.12 bits per heavy atom. The zero-order valence-electron chi connectivity index (χ0n) is 22.1. The number of nitrogens with zero attached hydrogens (tertiary/aromatic N) is 5. The van der Waals surface area contributed by atoms with Gasteiger partial charge in [-0.3, -0.25) is 19.1 Å². The average molecular weight is 560 g/mol. The molecule has 1 aliphatic heterocycles. The first kappa shape index (κ1) is 26.5. The van der Waals surface area contributed by atoms with Crippen LogP contribution >= 0.6 is 0 Å². The molecular weight excluding hydrogens is 532 g/mol. The van der Waals surface area contributed by atoms with Crippen molar-refractivity contribution in [1.82, 2.24) is 30.2 Å². The number of rotatable bonds is 7. The standard InChI is InChI=1S/C29H27F2N7O3/c1-16-12-29(16,21-4-2-3-5-22(21)31)35-28(41)24-11-19(30)14-37(24)25(39)15-38-23-7-6-17(18-8-9-33-34-13-18)10-20(23)26(36-38)27(32)40/h2-10,13,16,19,24H,11-12,14-15H2,1H3,(H2,32,40)(H,35,41). The van der Waals surface area contributed by atoms with E-state index in [1.165, 1.54) is 15.6 Å². The van der Waals surface area contributed by atoms with E-state index in [1.54, 1.807) is 54.9 Å². The Morgan fingerprint density at radius 3 is 2.59 bits per heavy atom. The lowest BCUT2D eigenvalue weighted by Gasteiger charge is -2.27. The van der Waals surface area contributed by atoms with Gasteiger partial charge < -0.3 is 16.0 Å². The molecule has 2 aromatic carbocycles. The third-order valence-corrected chi connectivity index (χ3v) is 8.07. The maximum Gasteiger partial charge on any atom is 0.269 e. The summed E-state index contributed by atoms with van der Waals surface area (Å²) in [5.41, 5.74) is 7.02. The molecule has 1 saturated carbocycles. The van der Waals surface area contributed by atoms with Crippen LogP contribution in [0.5, 0.6) is 0 Å². The van der Waals surface area contributed by atoms with Crippen molar-refractivity contribution in [3.63, 3.8) is 0 Å². The lowest BCUT2D eigenvalue weighted by atomic mass is 10.0. The fourth-order valence-electron chi connectivity index (χ4n) is 5.82. The largest absolute Gasteiger partial charge is 0.364 e. The van der Waals surface area contributed by atoms with Crippen molar-refractivity contribution >= 4 is 28.6 Å². The van der Waals surface area contributed by atoms with Crippen molar-refractivity contribution in [2.24, 2.45) is 11.7 Å². The van der Waals surface area contributed by atoms with E-state index in [0.29, 0.717) is 22.9 Å². The number of halogens is 2. The summed E-state index contributed by atoms with van der Waals surface area (Å²) in [6, 6.07) is 12.1. The van der Waals surface area contributed by atoms with Crippen molar-refractivity contribution in [2.75, 3.05) is 6.54 Å². The molecule has 4 aromatic rings. The van der Waals surface area contributed by atoms with Gasteiger partial charge in [-0.25, -0.2) is 8.78 Å². The molecule has 1 aliphatic carbocycles. The van der Waals surface area contributed by atoms with Crippen molar-refractivity contribution in [3.05, 3.63) is 78.0 Å². The molecule has 6 rings (SSSR count). The summed E-state index contributed by atoms with van der Waals surface area (Å²) in [5, 5.41) is 15.3. The molecule has 3 amide bonds. The highest BCUT2D eigenvalue weighted by molar-refractivity contribution is 6.05. The third-order valence-electron chi connectivity index (χ3n) is 8.07. The average Bonchev–Trinajstić information content (AvgIpc) is 3.27. The van der Waals surface area contributed by atoms with Crippen molar-refractivity contribution < 1.29 is 23.2 Å². The predicted molar refractivity (Wildman–Crippen MR) is 144 cm³/mol. The fraction of sp³-hybridized carbons (Fsp3) is 0.310. The van der Waals surface area contributed by atoms with Gasteiger partial charge in [0.05, 0.1) is 30.0 Å². The second kappa shape index (κ2) is 10.0. The van der Waals surface area contributed by atoms with Gasteiger partial charge in [-0.15, -0.1) is 0 Å². The molecular formula is C29H27F2N7O3. The van der Waals surface area contributed by atoms with Gasteiger partial charge in [0.1, 0.15) is 24.6 Å². The Labute approximate surface area is 233 Å². The molecule has 3 heterocycles. The minimum atomic E-state index is -1.40. The SMILES string of the molecule is CC1CC1(NC(=O)C1CC(F)CN1C(=O)Cn1nc(C(N)=O)c2cc(-c3ccnnc3)ccc21)c1ccccc1F. The van der Waals surface area contributed by atoms with Crippen LogP contribution in [-0.4, -0.2) is 61.4 Å². The van der Waals surface area contributed by atoms with Crippen LogP contribution in [0.25, 0.3) is 22.0 Å². The summed E-state index contributed by atoms with van der Waals surface area (Å²) in [4.78, 5) is 40.3. The van der Waals surface area contributed by atoms with Crippen molar-refractivity contribution in [2.45, 2.75) is 44.1 Å². The second-order valence-electron chi connectivity index (χ2n) is 10.7. The van der Waals surface area contributed by atoms with Crippen LogP contribution in [0.1, 0.15) is 35.8 Å². The molecule has 2 aromatic heterocycles. The highest BCUT2D eigenvalue weighted by atomic mass is 19.1. The van der Waals surface area contributed by atoms with Crippen LogP contribution in [0.3, 0.4) is 0 Å². The topological polar surface area (TPSA) is 136 Å². The van der Waals surface area contributed by atoms with Crippen LogP contribution in [0.4, 0.5) is 8.78 Å². The number of amides is 3. The number of nitrogens with two attached hydrogens (primary N) is 1. The molecule has 0 bridgehead atoms. The summed E-state index contributed by atoms with van der Waals surface area (Å²) in [6.45, 7) is 1.30. The van der Waals surface area contributed by atoms with E-state index in [-0.39, 0.29) is 31.1 Å². The molecule has 2 aliphatic rings. The van der Waals surface area contributed by atoms with Gasteiger partial charge in [0.2, 0.25) is 11.8 Å². The molecule has 12 heteroatoms. The smallest absolute Gasteiger partial charge is 0.269 e. The van der Waals surface area contributed by atoms with Crippen LogP contribution in [0.2, 0.25) is 0 Å². The van der Waals surface area contributed by atoms with E-state index in [2.05, 4.69) is 20.6 Å². The van der Waals surface area contributed by atoms with Gasteiger partial charge in [-0.2, -0.15) is 15.3 Å². The van der Waals surface area contributed by atoms with E-state index in [0.717, 1.165) is 11.1 Å². The van der Waals surface area contributed by atoms with Crippen LogP contribution < -0.4 is 11.1 Å². The maximum absolute atomic E-state index is 14.6. The van der Waals surface area contributed by atoms with Gasteiger partial charge >= 0.3 is 0 Å². The fourth-order valence-corrected chi connectivity index (χ4v) is 5.82. The molecule has 4 unspecified atom stereocenters. The monoisotopic (exact) mass is 559 g/mol. The molecule has 210 valence electrons. The highest BCUT2D eigenvalue weighted by Crippen LogP contribution is 2.52. The van der Waals surface area contributed by atoms with Gasteiger partial charge in [0, 0.05) is 22.9 Å².